The highest BCUT2D eigenvalue weighted by atomic mass is 32.2. The summed E-state index contributed by atoms with van der Waals surface area (Å²) in [5.74, 6) is 0.291. The molecule has 3 atom stereocenters. The van der Waals surface area contributed by atoms with Gasteiger partial charge in [0.1, 0.15) is 6.04 Å². The predicted molar refractivity (Wildman–Crippen MR) is 83.8 cm³/mol. The van der Waals surface area contributed by atoms with Crippen molar-refractivity contribution in [2.75, 3.05) is 12.4 Å². The Kier molecular flexibility index (Phi) is 4.78. The van der Waals surface area contributed by atoms with Crippen LogP contribution in [0.4, 0.5) is 0 Å². The summed E-state index contributed by atoms with van der Waals surface area (Å²) in [5.41, 5.74) is 0. The second kappa shape index (κ2) is 6.48. The molecule has 0 unspecified atom stereocenters. The first-order chi connectivity index (χ1) is 10.5. The van der Waals surface area contributed by atoms with Crippen LogP contribution in [0.5, 0.6) is 0 Å². The zero-order chi connectivity index (χ0) is 15.7. The summed E-state index contributed by atoms with van der Waals surface area (Å²) in [7, 11) is -3.37. The molecule has 0 aromatic carbocycles. The lowest BCUT2D eigenvalue weighted by molar-refractivity contribution is -0.149. The Balaban J connectivity index is 1.76. The van der Waals surface area contributed by atoms with Crippen molar-refractivity contribution in [2.45, 2.75) is 70.4 Å². The van der Waals surface area contributed by atoms with Crippen molar-refractivity contribution in [3.63, 3.8) is 0 Å². The standard InChI is InChI=1S/C16H27NO4S/c1-2-21-16(18)15-13-8-9-14(10-13)17(15)22(19,20)11-12-6-4-3-5-7-12/h12-15H,2-11H2,1H3/t13-,14+,15+/m1/s1. The number of fused-ring (bicyclic) bond motifs is 2. The molecule has 1 saturated heterocycles. The van der Waals surface area contributed by atoms with Gasteiger partial charge in [0.25, 0.3) is 0 Å². The zero-order valence-electron chi connectivity index (χ0n) is 13.4. The first kappa shape index (κ1) is 16.2. The topological polar surface area (TPSA) is 63.7 Å². The number of piperidine rings is 1. The minimum atomic E-state index is -3.37. The molecule has 0 radical (unpaired) electrons. The fourth-order valence-corrected chi connectivity index (χ4v) is 6.96. The quantitative estimate of drug-likeness (QED) is 0.726. The van der Waals surface area contributed by atoms with Gasteiger partial charge in [0.05, 0.1) is 12.4 Å². The molecule has 2 bridgehead atoms. The number of hydrogen-bond acceptors (Lipinski definition) is 4. The maximum absolute atomic E-state index is 12.9. The van der Waals surface area contributed by atoms with Gasteiger partial charge in [0.15, 0.2) is 0 Å². The summed E-state index contributed by atoms with van der Waals surface area (Å²) < 4.78 is 32.5. The molecule has 126 valence electrons. The highest BCUT2D eigenvalue weighted by Gasteiger charge is 2.54. The van der Waals surface area contributed by atoms with Crippen LogP contribution < -0.4 is 0 Å². The maximum Gasteiger partial charge on any atom is 0.324 e. The van der Waals surface area contributed by atoms with Crippen molar-refractivity contribution in [2.24, 2.45) is 11.8 Å². The Bertz CT molecular complexity index is 512. The van der Waals surface area contributed by atoms with Crippen LogP contribution >= 0.6 is 0 Å². The minimum Gasteiger partial charge on any atom is -0.465 e. The summed E-state index contributed by atoms with van der Waals surface area (Å²) in [6.45, 7) is 2.08. The number of nitrogens with zero attached hydrogens (tertiary/aromatic N) is 1. The third-order valence-electron chi connectivity index (χ3n) is 5.55. The highest BCUT2D eigenvalue weighted by molar-refractivity contribution is 7.89. The van der Waals surface area contributed by atoms with E-state index in [-0.39, 0.29) is 29.6 Å². The van der Waals surface area contributed by atoms with E-state index in [0.29, 0.717) is 6.61 Å². The molecule has 1 heterocycles. The largest absolute Gasteiger partial charge is 0.465 e. The predicted octanol–water partition coefficient (Wildman–Crippen LogP) is 2.31. The van der Waals surface area contributed by atoms with E-state index in [0.717, 1.165) is 44.9 Å². The average Bonchev–Trinajstić information content (AvgIpc) is 3.09. The number of ether oxygens (including phenoxy) is 1. The van der Waals surface area contributed by atoms with E-state index in [1.54, 1.807) is 6.92 Å². The average molecular weight is 329 g/mol. The van der Waals surface area contributed by atoms with Gasteiger partial charge < -0.3 is 4.74 Å². The lowest BCUT2D eigenvalue weighted by Crippen LogP contribution is -2.51. The van der Waals surface area contributed by atoms with Crippen LogP contribution in [0.25, 0.3) is 0 Å². The molecular formula is C16H27NO4S. The number of rotatable bonds is 5. The van der Waals surface area contributed by atoms with Gasteiger partial charge >= 0.3 is 5.97 Å². The van der Waals surface area contributed by atoms with Gasteiger partial charge in [-0.2, -0.15) is 4.31 Å². The third-order valence-corrected chi connectivity index (χ3v) is 7.61. The van der Waals surface area contributed by atoms with E-state index in [4.69, 9.17) is 4.74 Å². The van der Waals surface area contributed by atoms with E-state index in [1.807, 2.05) is 0 Å². The summed E-state index contributed by atoms with van der Waals surface area (Å²) in [4.78, 5) is 12.3. The molecule has 3 aliphatic rings. The van der Waals surface area contributed by atoms with Crippen LogP contribution in [0.1, 0.15) is 58.3 Å². The van der Waals surface area contributed by atoms with E-state index >= 15 is 0 Å². The van der Waals surface area contributed by atoms with Crippen LogP contribution in [-0.2, 0) is 19.6 Å². The second-order valence-corrected chi connectivity index (χ2v) is 8.96. The zero-order valence-corrected chi connectivity index (χ0v) is 14.2. The number of sulfonamides is 1. The first-order valence-electron chi connectivity index (χ1n) is 8.70. The summed E-state index contributed by atoms with van der Waals surface area (Å²) >= 11 is 0. The molecule has 5 nitrogen and oxygen atoms in total. The fourth-order valence-electron chi connectivity index (χ4n) is 4.61. The molecule has 2 aliphatic carbocycles. The van der Waals surface area contributed by atoms with E-state index in [1.165, 1.54) is 10.7 Å². The monoisotopic (exact) mass is 329 g/mol. The van der Waals surface area contributed by atoms with Crippen molar-refractivity contribution < 1.29 is 17.9 Å². The van der Waals surface area contributed by atoms with Crippen molar-refractivity contribution in [1.29, 1.82) is 0 Å². The van der Waals surface area contributed by atoms with Crippen molar-refractivity contribution in [3.05, 3.63) is 0 Å². The van der Waals surface area contributed by atoms with Gasteiger partial charge in [-0.3, -0.25) is 4.79 Å². The van der Waals surface area contributed by atoms with Crippen LogP contribution in [0, 0.1) is 11.8 Å². The van der Waals surface area contributed by atoms with Crippen LogP contribution in [-0.4, -0.2) is 43.1 Å². The van der Waals surface area contributed by atoms with Gasteiger partial charge in [0, 0.05) is 6.04 Å². The SMILES string of the molecule is CCOC(=O)[C@@H]1[C@@H]2CC[C@@H](C2)N1S(=O)(=O)CC1CCCCC1. The lowest BCUT2D eigenvalue weighted by Gasteiger charge is -2.34. The molecule has 3 rings (SSSR count). The third kappa shape index (κ3) is 3.04. The fraction of sp³-hybridized carbons (Fsp3) is 0.938. The van der Waals surface area contributed by atoms with Crippen molar-refractivity contribution >= 4 is 16.0 Å². The molecule has 6 heteroatoms. The molecule has 3 fully saturated rings. The lowest BCUT2D eigenvalue weighted by atomic mass is 9.91. The minimum absolute atomic E-state index is 0.0213. The molecule has 0 aromatic rings. The van der Waals surface area contributed by atoms with Crippen LogP contribution in [0.3, 0.4) is 0 Å². The molecule has 0 spiro atoms. The van der Waals surface area contributed by atoms with E-state index in [9.17, 15) is 13.2 Å². The smallest absolute Gasteiger partial charge is 0.324 e. The Labute approximate surface area is 133 Å². The van der Waals surface area contributed by atoms with Crippen molar-refractivity contribution in [1.82, 2.24) is 4.31 Å². The normalized spacial score (nSPS) is 33.2. The Hall–Kier alpha value is -0.620. The number of carbonyl (C=O) groups excluding carboxylic acids is 1. The second-order valence-electron chi connectivity index (χ2n) is 7.04. The van der Waals surface area contributed by atoms with Gasteiger partial charge in [-0.15, -0.1) is 0 Å². The summed E-state index contributed by atoms with van der Waals surface area (Å²) in [6, 6.07) is -0.541. The Morgan fingerprint density at radius 3 is 2.55 bits per heavy atom. The van der Waals surface area contributed by atoms with Gasteiger partial charge in [-0.05, 0) is 50.9 Å². The number of hydrogen-bond donors (Lipinski definition) is 0. The molecule has 0 N–H and O–H groups in total. The maximum atomic E-state index is 12.9. The molecule has 2 saturated carbocycles. The van der Waals surface area contributed by atoms with Gasteiger partial charge in [0.2, 0.25) is 10.0 Å². The number of esters is 1. The van der Waals surface area contributed by atoms with Crippen LogP contribution in [0.15, 0.2) is 0 Å². The molecule has 0 aromatic heterocycles. The summed E-state index contributed by atoms with van der Waals surface area (Å²) in [6.07, 6.45) is 8.16. The summed E-state index contributed by atoms with van der Waals surface area (Å²) in [5, 5.41) is 0. The van der Waals surface area contributed by atoms with Gasteiger partial charge in [-0.25, -0.2) is 8.42 Å². The highest BCUT2D eigenvalue weighted by Crippen LogP contribution is 2.45. The van der Waals surface area contributed by atoms with E-state index < -0.39 is 16.1 Å². The number of carbonyl (C=O) groups is 1. The Morgan fingerprint density at radius 2 is 1.86 bits per heavy atom. The van der Waals surface area contributed by atoms with Crippen molar-refractivity contribution in [3.8, 4) is 0 Å². The Morgan fingerprint density at radius 1 is 1.14 bits per heavy atom. The molecular weight excluding hydrogens is 302 g/mol. The molecule has 22 heavy (non-hydrogen) atoms. The van der Waals surface area contributed by atoms with Crippen LogP contribution in [0.2, 0.25) is 0 Å². The van der Waals surface area contributed by atoms with E-state index in [2.05, 4.69) is 0 Å². The molecule has 0 amide bonds. The first-order valence-corrected chi connectivity index (χ1v) is 10.3. The molecule has 1 aliphatic heterocycles. The van der Waals surface area contributed by atoms with Gasteiger partial charge in [-0.1, -0.05) is 19.3 Å².